The number of nitrogens with zero attached hydrogens (tertiary/aromatic N) is 1. The molecule has 0 aliphatic carbocycles. The summed E-state index contributed by atoms with van der Waals surface area (Å²) in [5.41, 5.74) is 1.81. The molecule has 0 amide bonds. The lowest BCUT2D eigenvalue weighted by Gasteiger charge is -2.41. The number of phenolic OH excluding ortho intramolecular Hbond substituents is 1. The Morgan fingerprint density at radius 2 is 1.83 bits per heavy atom. The first kappa shape index (κ1) is 13.4. The first-order chi connectivity index (χ1) is 8.67. The van der Waals surface area contributed by atoms with Crippen molar-refractivity contribution in [3.8, 4) is 5.75 Å². The molecule has 100 valence electrons. The summed E-state index contributed by atoms with van der Waals surface area (Å²) in [6.07, 6.45) is 5.25. The fourth-order valence-electron chi connectivity index (χ4n) is 3.06. The number of phenols is 1. The van der Waals surface area contributed by atoms with Crippen LogP contribution in [0.1, 0.15) is 45.1 Å². The molecule has 0 bridgehead atoms. The Morgan fingerprint density at radius 3 is 2.39 bits per heavy atom. The van der Waals surface area contributed by atoms with Gasteiger partial charge in [-0.15, -0.1) is 0 Å². The van der Waals surface area contributed by atoms with Gasteiger partial charge in [0.25, 0.3) is 0 Å². The Labute approximate surface area is 111 Å². The van der Waals surface area contributed by atoms with Crippen LogP contribution in [-0.2, 0) is 6.54 Å². The van der Waals surface area contributed by atoms with Crippen LogP contribution in [0.3, 0.4) is 0 Å². The van der Waals surface area contributed by atoms with Crippen molar-refractivity contribution in [1.29, 1.82) is 0 Å². The number of hydrogen-bond donors (Lipinski definition) is 1. The highest BCUT2D eigenvalue weighted by Crippen LogP contribution is 2.38. The van der Waals surface area contributed by atoms with Gasteiger partial charge in [-0.05, 0) is 49.0 Å². The Balaban J connectivity index is 1.91. The summed E-state index contributed by atoms with van der Waals surface area (Å²) in [7, 11) is 0. The highest BCUT2D eigenvalue weighted by molar-refractivity contribution is 5.27. The summed E-state index contributed by atoms with van der Waals surface area (Å²) in [4.78, 5) is 2.51. The second-order valence-electron chi connectivity index (χ2n) is 5.65. The van der Waals surface area contributed by atoms with E-state index in [9.17, 15) is 5.11 Å². The minimum absolute atomic E-state index is 0.376. The van der Waals surface area contributed by atoms with E-state index in [2.05, 4.69) is 24.8 Å². The van der Waals surface area contributed by atoms with Gasteiger partial charge in [0.15, 0.2) is 0 Å². The molecule has 0 unspecified atom stereocenters. The molecule has 1 fully saturated rings. The summed E-state index contributed by atoms with van der Waals surface area (Å²) in [6.45, 7) is 8.01. The zero-order valence-corrected chi connectivity index (χ0v) is 11.7. The lowest BCUT2D eigenvalue weighted by molar-refractivity contribution is 0.0908. The molecule has 18 heavy (non-hydrogen) atoms. The minimum atomic E-state index is 0.376. The second kappa shape index (κ2) is 5.75. The number of aromatic hydroxyl groups is 1. The highest BCUT2D eigenvalue weighted by atomic mass is 16.3. The quantitative estimate of drug-likeness (QED) is 0.875. The summed E-state index contributed by atoms with van der Waals surface area (Å²) < 4.78 is 0. The van der Waals surface area contributed by atoms with Crippen molar-refractivity contribution in [2.45, 2.75) is 46.1 Å². The third-order valence-electron chi connectivity index (χ3n) is 4.73. The van der Waals surface area contributed by atoms with Crippen LogP contribution < -0.4 is 0 Å². The standard InChI is InChI=1S/C16H25NO/c1-3-16(4-2)8-10-17(11-9-16)13-14-6-5-7-15(18)12-14/h5-7,12,18H,3-4,8-11,13H2,1-2H3. The first-order valence-electron chi connectivity index (χ1n) is 7.18. The van der Waals surface area contributed by atoms with Crippen molar-refractivity contribution in [1.82, 2.24) is 4.90 Å². The van der Waals surface area contributed by atoms with Crippen LogP contribution in [0.4, 0.5) is 0 Å². The van der Waals surface area contributed by atoms with Gasteiger partial charge in [0.1, 0.15) is 5.75 Å². The fourth-order valence-corrected chi connectivity index (χ4v) is 3.06. The van der Waals surface area contributed by atoms with E-state index >= 15 is 0 Å². The average Bonchev–Trinajstić information content (AvgIpc) is 2.40. The zero-order chi connectivity index (χ0) is 13.0. The van der Waals surface area contributed by atoms with Crippen LogP contribution in [0.15, 0.2) is 24.3 Å². The van der Waals surface area contributed by atoms with E-state index in [1.54, 1.807) is 6.07 Å². The smallest absolute Gasteiger partial charge is 0.115 e. The molecule has 2 nitrogen and oxygen atoms in total. The third-order valence-corrected chi connectivity index (χ3v) is 4.73. The Kier molecular flexibility index (Phi) is 4.28. The van der Waals surface area contributed by atoms with Crippen molar-refractivity contribution in [3.05, 3.63) is 29.8 Å². The SMILES string of the molecule is CCC1(CC)CCN(Cc2cccc(O)c2)CC1. The van der Waals surface area contributed by atoms with Crippen molar-refractivity contribution in [3.63, 3.8) is 0 Å². The van der Waals surface area contributed by atoms with Gasteiger partial charge in [0, 0.05) is 6.54 Å². The van der Waals surface area contributed by atoms with Crippen LogP contribution in [0.25, 0.3) is 0 Å². The maximum Gasteiger partial charge on any atom is 0.115 e. The largest absolute Gasteiger partial charge is 0.508 e. The van der Waals surface area contributed by atoms with Crippen molar-refractivity contribution >= 4 is 0 Å². The average molecular weight is 247 g/mol. The molecular weight excluding hydrogens is 222 g/mol. The molecular formula is C16H25NO. The summed E-state index contributed by atoms with van der Waals surface area (Å²) in [5.74, 6) is 0.376. The van der Waals surface area contributed by atoms with Crippen LogP contribution in [0, 0.1) is 5.41 Å². The normalized spacial score (nSPS) is 19.9. The van der Waals surface area contributed by atoms with Crippen molar-refractivity contribution in [2.24, 2.45) is 5.41 Å². The number of piperidine rings is 1. The molecule has 0 saturated carbocycles. The molecule has 1 aliphatic heterocycles. The molecule has 2 rings (SSSR count). The molecule has 0 atom stereocenters. The molecule has 1 aromatic carbocycles. The highest BCUT2D eigenvalue weighted by Gasteiger charge is 2.30. The van der Waals surface area contributed by atoms with E-state index < -0.39 is 0 Å². The predicted octanol–water partition coefficient (Wildman–Crippen LogP) is 3.79. The topological polar surface area (TPSA) is 23.5 Å². The van der Waals surface area contributed by atoms with Crippen LogP contribution in [0.5, 0.6) is 5.75 Å². The van der Waals surface area contributed by atoms with Gasteiger partial charge in [-0.1, -0.05) is 38.8 Å². The van der Waals surface area contributed by atoms with E-state index in [1.165, 1.54) is 44.3 Å². The van der Waals surface area contributed by atoms with E-state index in [-0.39, 0.29) is 0 Å². The Hall–Kier alpha value is -1.02. The summed E-state index contributed by atoms with van der Waals surface area (Å²) in [5, 5.41) is 9.48. The fraction of sp³-hybridized carbons (Fsp3) is 0.625. The molecule has 0 radical (unpaired) electrons. The van der Waals surface area contributed by atoms with Gasteiger partial charge in [-0.2, -0.15) is 0 Å². The number of rotatable bonds is 4. The molecule has 0 aromatic heterocycles. The molecule has 1 N–H and O–H groups in total. The molecule has 2 heteroatoms. The molecule has 1 aliphatic rings. The minimum Gasteiger partial charge on any atom is -0.508 e. The maximum absolute atomic E-state index is 9.48. The maximum atomic E-state index is 9.48. The predicted molar refractivity (Wildman–Crippen MR) is 75.6 cm³/mol. The van der Waals surface area contributed by atoms with Gasteiger partial charge in [-0.25, -0.2) is 0 Å². The van der Waals surface area contributed by atoms with Crippen LogP contribution in [-0.4, -0.2) is 23.1 Å². The summed E-state index contributed by atoms with van der Waals surface area (Å²) >= 11 is 0. The van der Waals surface area contributed by atoms with Crippen LogP contribution in [0.2, 0.25) is 0 Å². The van der Waals surface area contributed by atoms with E-state index in [4.69, 9.17) is 0 Å². The van der Waals surface area contributed by atoms with E-state index in [0.29, 0.717) is 11.2 Å². The monoisotopic (exact) mass is 247 g/mol. The molecule has 1 heterocycles. The zero-order valence-electron chi connectivity index (χ0n) is 11.7. The lowest BCUT2D eigenvalue weighted by atomic mass is 9.74. The van der Waals surface area contributed by atoms with E-state index in [0.717, 1.165) is 6.54 Å². The third kappa shape index (κ3) is 3.05. The second-order valence-corrected chi connectivity index (χ2v) is 5.65. The number of benzene rings is 1. The van der Waals surface area contributed by atoms with Gasteiger partial charge in [0.2, 0.25) is 0 Å². The summed E-state index contributed by atoms with van der Waals surface area (Å²) in [6, 6.07) is 7.64. The molecule has 0 spiro atoms. The van der Waals surface area contributed by atoms with Gasteiger partial charge in [0.05, 0.1) is 0 Å². The number of likely N-dealkylation sites (tertiary alicyclic amines) is 1. The van der Waals surface area contributed by atoms with Gasteiger partial charge < -0.3 is 5.11 Å². The Bertz CT molecular complexity index is 374. The Morgan fingerprint density at radius 1 is 1.17 bits per heavy atom. The lowest BCUT2D eigenvalue weighted by Crippen LogP contribution is -2.39. The first-order valence-corrected chi connectivity index (χ1v) is 7.18. The number of hydrogen-bond acceptors (Lipinski definition) is 2. The van der Waals surface area contributed by atoms with Crippen molar-refractivity contribution < 1.29 is 5.11 Å². The molecule has 1 saturated heterocycles. The molecule has 1 aromatic rings. The van der Waals surface area contributed by atoms with Crippen LogP contribution >= 0.6 is 0 Å². The van der Waals surface area contributed by atoms with E-state index in [1.807, 2.05) is 12.1 Å². The van der Waals surface area contributed by atoms with Gasteiger partial charge >= 0.3 is 0 Å². The van der Waals surface area contributed by atoms with Crippen molar-refractivity contribution in [2.75, 3.05) is 13.1 Å². The van der Waals surface area contributed by atoms with Gasteiger partial charge in [-0.3, -0.25) is 4.90 Å².